The number of hydrogen-bond donors (Lipinski definition) is 1. The Bertz CT molecular complexity index is 607. The smallest absolute Gasteiger partial charge is 0.238 e. The number of anilines is 1. The maximum Gasteiger partial charge on any atom is 0.238 e. The van der Waals surface area contributed by atoms with Gasteiger partial charge in [0, 0.05) is 4.90 Å². The van der Waals surface area contributed by atoms with Crippen LogP contribution in [0.2, 0.25) is 0 Å². The molecule has 0 atom stereocenters. The first-order valence-electron chi connectivity index (χ1n) is 6.65. The molecule has 2 N–H and O–H groups in total. The van der Waals surface area contributed by atoms with E-state index in [0.717, 1.165) is 15.7 Å². The predicted molar refractivity (Wildman–Crippen MR) is 86.1 cm³/mol. The molecule has 1 aromatic carbocycles. The van der Waals surface area contributed by atoms with Crippen LogP contribution in [0.1, 0.15) is 20.8 Å². The lowest BCUT2D eigenvalue weighted by Crippen LogP contribution is -2.24. The molecule has 0 aliphatic heterocycles. The Labute approximate surface area is 129 Å². The molecular formula is C16H20N2O2S. The van der Waals surface area contributed by atoms with E-state index in [1.807, 2.05) is 57.2 Å². The van der Waals surface area contributed by atoms with Crippen molar-refractivity contribution in [1.29, 1.82) is 0 Å². The van der Waals surface area contributed by atoms with E-state index >= 15 is 0 Å². The van der Waals surface area contributed by atoms with Crippen molar-refractivity contribution in [3.05, 3.63) is 36.4 Å². The maximum atomic E-state index is 5.91. The molecule has 0 unspecified atom stereocenters. The minimum absolute atomic E-state index is 0.329. The van der Waals surface area contributed by atoms with Crippen molar-refractivity contribution in [2.45, 2.75) is 36.3 Å². The van der Waals surface area contributed by atoms with E-state index in [2.05, 4.69) is 4.98 Å². The topological polar surface area (TPSA) is 57.4 Å². The number of ether oxygens (including phenoxy) is 2. The molecule has 4 nitrogen and oxygen atoms in total. The number of nitrogens with zero attached hydrogens (tertiary/aromatic N) is 1. The number of rotatable bonds is 4. The van der Waals surface area contributed by atoms with E-state index in [-0.39, 0.29) is 5.60 Å². The largest absolute Gasteiger partial charge is 0.497 e. The second-order valence-corrected chi connectivity index (χ2v) is 6.63. The van der Waals surface area contributed by atoms with Crippen molar-refractivity contribution >= 4 is 17.4 Å². The Morgan fingerprint density at radius 1 is 1.05 bits per heavy atom. The number of nitrogen functional groups attached to an aromatic ring is 1. The Balaban J connectivity index is 2.18. The van der Waals surface area contributed by atoms with E-state index < -0.39 is 0 Å². The fourth-order valence-corrected chi connectivity index (χ4v) is 2.41. The van der Waals surface area contributed by atoms with Gasteiger partial charge in [-0.3, -0.25) is 0 Å². The molecule has 0 saturated heterocycles. The van der Waals surface area contributed by atoms with Gasteiger partial charge in [-0.25, -0.2) is 4.98 Å². The van der Waals surface area contributed by atoms with Gasteiger partial charge in [0.1, 0.15) is 16.4 Å². The maximum absolute atomic E-state index is 5.91. The highest BCUT2D eigenvalue weighted by atomic mass is 32.2. The highest BCUT2D eigenvalue weighted by Crippen LogP contribution is 2.31. The highest BCUT2D eigenvalue weighted by molar-refractivity contribution is 7.99. The molecule has 5 heteroatoms. The fraction of sp³-hybridized carbons (Fsp3) is 0.312. The van der Waals surface area contributed by atoms with Gasteiger partial charge < -0.3 is 15.2 Å². The molecule has 0 radical (unpaired) electrons. The van der Waals surface area contributed by atoms with Gasteiger partial charge in [0.25, 0.3) is 0 Å². The molecule has 21 heavy (non-hydrogen) atoms. The molecule has 0 amide bonds. The zero-order valence-electron chi connectivity index (χ0n) is 12.7. The average molecular weight is 304 g/mol. The molecule has 112 valence electrons. The van der Waals surface area contributed by atoms with E-state index in [9.17, 15) is 0 Å². The van der Waals surface area contributed by atoms with Gasteiger partial charge in [0.15, 0.2) is 0 Å². The number of methoxy groups -OCH3 is 1. The minimum atomic E-state index is -0.329. The molecule has 2 aromatic rings. The van der Waals surface area contributed by atoms with Gasteiger partial charge >= 0.3 is 0 Å². The Hall–Kier alpha value is -1.88. The van der Waals surface area contributed by atoms with Crippen molar-refractivity contribution in [3.8, 4) is 11.6 Å². The first-order chi connectivity index (χ1) is 9.87. The third kappa shape index (κ3) is 4.56. The van der Waals surface area contributed by atoms with Crippen LogP contribution in [-0.4, -0.2) is 17.7 Å². The van der Waals surface area contributed by atoms with Gasteiger partial charge in [0.2, 0.25) is 5.88 Å². The van der Waals surface area contributed by atoms with Crippen LogP contribution in [0.4, 0.5) is 5.69 Å². The average Bonchev–Trinajstić information content (AvgIpc) is 2.42. The third-order valence-electron chi connectivity index (χ3n) is 2.55. The molecular weight excluding hydrogens is 284 g/mol. The van der Waals surface area contributed by atoms with Gasteiger partial charge in [0.05, 0.1) is 12.8 Å². The number of nitrogens with two attached hydrogens (primary N) is 1. The molecule has 0 spiro atoms. The van der Waals surface area contributed by atoms with Crippen molar-refractivity contribution in [1.82, 2.24) is 4.98 Å². The van der Waals surface area contributed by atoms with E-state index in [0.29, 0.717) is 11.6 Å². The summed E-state index contributed by atoms with van der Waals surface area (Å²) in [6.07, 6.45) is 0. The van der Waals surface area contributed by atoms with Crippen LogP contribution in [0.25, 0.3) is 0 Å². The summed E-state index contributed by atoms with van der Waals surface area (Å²) in [7, 11) is 1.65. The van der Waals surface area contributed by atoms with Gasteiger partial charge in [-0.2, -0.15) is 0 Å². The lowest BCUT2D eigenvalue weighted by molar-refractivity contribution is 0.124. The van der Waals surface area contributed by atoms with E-state index in [1.165, 1.54) is 0 Å². The fourth-order valence-electron chi connectivity index (χ4n) is 1.63. The third-order valence-corrected chi connectivity index (χ3v) is 3.49. The first-order valence-corrected chi connectivity index (χ1v) is 7.46. The number of aromatic nitrogens is 1. The van der Waals surface area contributed by atoms with Gasteiger partial charge in [-0.05, 0) is 57.2 Å². The number of hydrogen-bond acceptors (Lipinski definition) is 5. The van der Waals surface area contributed by atoms with Gasteiger partial charge in [-0.1, -0.05) is 11.8 Å². The molecule has 2 rings (SSSR count). The monoisotopic (exact) mass is 304 g/mol. The second-order valence-electron chi connectivity index (χ2n) is 5.54. The first kappa shape index (κ1) is 15.5. The van der Waals surface area contributed by atoms with Crippen LogP contribution >= 0.6 is 11.8 Å². The molecule has 0 fully saturated rings. The molecule has 1 heterocycles. The van der Waals surface area contributed by atoms with Crippen molar-refractivity contribution in [2.24, 2.45) is 0 Å². The summed E-state index contributed by atoms with van der Waals surface area (Å²) >= 11 is 1.55. The molecule has 0 aliphatic carbocycles. The zero-order valence-corrected chi connectivity index (χ0v) is 13.5. The number of benzene rings is 1. The van der Waals surface area contributed by atoms with Crippen molar-refractivity contribution in [2.75, 3.05) is 12.8 Å². The van der Waals surface area contributed by atoms with E-state index in [1.54, 1.807) is 18.9 Å². The molecule has 1 aromatic heterocycles. The molecule has 0 aliphatic rings. The molecule has 0 saturated carbocycles. The quantitative estimate of drug-likeness (QED) is 0.925. The Kier molecular flexibility index (Phi) is 4.63. The SMILES string of the molecule is COc1ccc(Sc2ccc(N)c(OC(C)(C)C)n2)cc1. The summed E-state index contributed by atoms with van der Waals surface area (Å²) < 4.78 is 10.9. The summed E-state index contributed by atoms with van der Waals surface area (Å²) in [6, 6.07) is 11.5. The van der Waals surface area contributed by atoms with Crippen LogP contribution < -0.4 is 15.2 Å². The standard InChI is InChI=1S/C16H20N2O2S/c1-16(2,3)20-15-13(17)9-10-14(18-15)21-12-7-5-11(19-4)6-8-12/h5-10H,17H2,1-4H3. The predicted octanol–water partition coefficient (Wildman–Crippen LogP) is 4.00. The molecule has 0 bridgehead atoms. The number of pyridine rings is 1. The summed E-state index contributed by atoms with van der Waals surface area (Å²) in [6.45, 7) is 5.91. The highest BCUT2D eigenvalue weighted by Gasteiger charge is 2.15. The second kappa shape index (κ2) is 6.26. The summed E-state index contributed by atoms with van der Waals surface area (Å²) in [4.78, 5) is 5.56. The normalized spacial score (nSPS) is 11.2. The Morgan fingerprint density at radius 3 is 2.29 bits per heavy atom. The van der Waals surface area contributed by atoms with Gasteiger partial charge in [-0.15, -0.1) is 0 Å². The lowest BCUT2D eigenvalue weighted by Gasteiger charge is -2.21. The van der Waals surface area contributed by atoms with Crippen LogP contribution in [0.3, 0.4) is 0 Å². The van der Waals surface area contributed by atoms with Crippen LogP contribution in [-0.2, 0) is 0 Å². The van der Waals surface area contributed by atoms with Crippen molar-refractivity contribution in [3.63, 3.8) is 0 Å². The van der Waals surface area contributed by atoms with E-state index in [4.69, 9.17) is 15.2 Å². The van der Waals surface area contributed by atoms with Crippen LogP contribution in [0.5, 0.6) is 11.6 Å². The summed E-state index contributed by atoms with van der Waals surface area (Å²) in [5.74, 6) is 1.31. The van der Waals surface area contributed by atoms with Crippen LogP contribution in [0.15, 0.2) is 46.3 Å². The Morgan fingerprint density at radius 2 is 1.71 bits per heavy atom. The lowest BCUT2D eigenvalue weighted by atomic mass is 10.2. The summed E-state index contributed by atoms with van der Waals surface area (Å²) in [5, 5.41) is 0.841. The van der Waals surface area contributed by atoms with Crippen LogP contribution in [0, 0.1) is 0 Å². The zero-order chi connectivity index (χ0) is 15.5. The van der Waals surface area contributed by atoms with Crippen molar-refractivity contribution < 1.29 is 9.47 Å². The minimum Gasteiger partial charge on any atom is -0.497 e. The summed E-state index contributed by atoms with van der Waals surface area (Å²) in [5.41, 5.74) is 6.13.